The number of ether oxygens (including phenoxy) is 4. The van der Waals surface area contributed by atoms with E-state index in [1.165, 1.54) is 0 Å². The van der Waals surface area contributed by atoms with E-state index in [1.807, 2.05) is 31.2 Å². The van der Waals surface area contributed by atoms with Crippen LogP contribution in [0.1, 0.15) is 42.4 Å². The first-order valence-corrected chi connectivity index (χ1v) is 12.3. The Bertz CT molecular complexity index is 1380. The van der Waals surface area contributed by atoms with Crippen molar-refractivity contribution < 1.29 is 23.7 Å². The number of unbranched alkanes of at least 4 members (excludes halogenated alkanes) is 1. The molecule has 1 aliphatic rings. The number of hydrogen-bond donors (Lipinski definition) is 1. The summed E-state index contributed by atoms with van der Waals surface area (Å²) in [7, 11) is 0. The third-order valence-electron chi connectivity index (χ3n) is 5.89. The van der Waals surface area contributed by atoms with Crippen molar-refractivity contribution >= 4 is 17.6 Å². The molecule has 0 aliphatic carbocycles. The van der Waals surface area contributed by atoms with Gasteiger partial charge in [-0.1, -0.05) is 49.2 Å². The molecule has 0 spiro atoms. The molecular weight excluding hydrogens is 492 g/mol. The van der Waals surface area contributed by atoms with Crippen molar-refractivity contribution in [2.24, 2.45) is 5.73 Å². The molecule has 1 heterocycles. The molecule has 2 N–H and O–H groups in total. The number of para-hydroxylation sites is 1. The quantitative estimate of drug-likeness (QED) is 0.209. The summed E-state index contributed by atoms with van der Waals surface area (Å²) < 4.78 is 22.8. The predicted molar refractivity (Wildman–Crippen MR) is 140 cm³/mol. The number of nitrogens with two attached hydrogens (primary N) is 1. The van der Waals surface area contributed by atoms with E-state index in [2.05, 4.69) is 13.0 Å². The second-order valence-electron chi connectivity index (χ2n) is 8.54. The maximum absolute atomic E-state index is 12.4. The number of halogens is 1. The van der Waals surface area contributed by atoms with Crippen LogP contribution in [-0.2, 0) is 4.79 Å². The number of nitrogens with zero attached hydrogens (tertiary/aromatic N) is 1. The maximum Gasteiger partial charge on any atom is 0.349 e. The molecule has 0 amide bonds. The second-order valence-corrected chi connectivity index (χ2v) is 8.95. The fraction of sp³-hybridized carbons (Fsp3) is 0.241. The van der Waals surface area contributed by atoms with Gasteiger partial charge in [0.2, 0.25) is 5.88 Å². The Hall–Kier alpha value is -4.15. The van der Waals surface area contributed by atoms with E-state index in [9.17, 15) is 10.1 Å². The molecule has 0 bridgehead atoms. The standard InChI is InChI=1S/C29H27ClN2O5/c1-3-4-13-34-25-8-6-5-7-21(25)28-22-11-9-20(15-26(22)37-29(32)23(28)16-31)36-27(33)17-35-19-10-12-24(30)18(2)14-19/h5-12,14-15,28H,3-4,13,17,32H2,1-2H3. The molecular formula is C29H27ClN2O5. The number of esters is 1. The number of rotatable bonds is 9. The lowest BCUT2D eigenvalue weighted by Crippen LogP contribution is -2.22. The fourth-order valence-corrected chi connectivity index (χ4v) is 4.12. The third kappa shape index (κ3) is 5.99. The van der Waals surface area contributed by atoms with Crippen molar-refractivity contribution in [1.29, 1.82) is 5.26 Å². The molecule has 3 aromatic rings. The van der Waals surface area contributed by atoms with Gasteiger partial charge in [-0.2, -0.15) is 5.26 Å². The van der Waals surface area contributed by atoms with Crippen LogP contribution in [0.25, 0.3) is 0 Å². The maximum atomic E-state index is 12.4. The van der Waals surface area contributed by atoms with Gasteiger partial charge in [0.1, 0.15) is 34.6 Å². The summed E-state index contributed by atoms with van der Waals surface area (Å²) in [6.07, 6.45) is 1.92. The second kappa shape index (κ2) is 11.7. The summed E-state index contributed by atoms with van der Waals surface area (Å²) in [6.45, 7) is 4.22. The average molecular weight is 519 g/mol. The highest BCUT2D eigenvalue weighted by Gasteiger charge is 2.33. The molecule has 0 radical (unpaired) electrons. The molecule has 1 aliphatic heterocycles. The number of allylic oxidation sites excluding steroid dienone is 1. The predicted octanol–water partition coefficient (Wildman–Crippen LogP) is 6.03. The molecule has 8 heteroatoms. The Morgan fingerprint density at radius 2 is 1.86 bits per heavy atom. The van der Waals surface area contributed by atoms with Gasteiger partial charge in [-0.05, 0) is 49.2 Å². The lowest BCUT2D eigenvalue weighted by molar-refractivity contribution is -0.136. The lowest BCUT2D eigenvalue weighted by Gasteiger charge is -2.28. The SMILES string of the molecule is CCCCOc1ccccc1C1C(C#N)=C(N)Oc2cc(OC(=O)COc3ccc(Cl)c(C)c3)ccc21. The largest absolute Gasteiger partial charge is 0.493 e. The molecule has 37 heavy (non-hydrogen) atoms. The van der Waals surface area contributed by atoms with Crippen LogP contribution in [0.15, 0.2) is 72.1 Å². The van der Waals surface area contributed by atoms with Gasteiger partial charge < -0.3 is 24.7 Å². The van der Waals surface area contributed by atoms with E-state index < -0.39 is 11.9 Å². The van der Waals surface area contributed by atoms with E-state index in [0.29, 0.717) is 34.4 Å². The number of nitriles is 1. The topological polar surface area (TPSA) is 104 Å². The molecule has 7 nitrogen and oxygen atoms in total. The zero-order valence-corrected chi connectivity index (χ0v) is 21.4. The van der Waals surface area contributed by atoms with Crippen LogP contribution in [0.5, 0.6) is 23.0 Å². The highest BCUT2D eigenvalue weighted by molar-refractivity contribution is 6.31. The van der Waals surface area contributed by atoms with Crippen molar-refractivity contribution in [1.82, 2.24) is 0 Å². The van der Waals surface area contributed by atoms with Crippen molar-refractivity contribution in [2.75, 3.05) is 13.2 Å². The number of benzene rings is 3. The van der Waals surface area contributed by atoms with Crippen LogP contribution in [0, 0.1) is 18.3 Å². The minimum atomic E-state index is -0.587. The molecule has 0 aromatic heterocycles. The molecule has 0 saturated heterocycles. The highest BCUT2D eigenvalue weighted by Crippen LogP contribution is 2.45. The van der Waals surface area contributed by atoms with Crippen LogP contribution in [0.3, 0.4) is 0 Å². The molecule has 0 saturated carbocycles. The summed E-state index contributed by atoms with van der Waals surface area (Å²) in [5.74, 6) is 0.761. The van der Waals surface area contributed by atoms with Gasteiger partial charge in [0.25, 0.3) is 0 Å². The smallest absolute Gasteiger partial charge is 0.349 e. The molecule has 190 valence electrons. The van der Waals surface area contributed by atoms with Gasteiger partial charge >= 0.3 is 5.97 Å². The van der Waals surface area contributed by atoms with Crippen molar-refractivity contribution in [3.8, 4) is 29.1 Å². The summed E-state index contributed by atoms with van der Waals surface area (Å²) >= 11 is 6.03. The summed E-state index contributed by atoms with van der Waals surface area (Å²) in [5.41, 5.74) is 8.79. The molecule has 1 atom stereocenters. The number of carbonyl (C=O) groups excluding carboxylic acids is 1. The third-order valence-corrected chi connectivity index (χ3v) is 6.32. The first-order chi connectivity index (χ1) is 17.9. The van der Waals surface area contributed by atoms with E-state index in [1.54, 1.807) is 36.4 Å². The van der Waals surface area contributed by atoms with Gasteiger partial charge in [-0.3, -0.25) is 0 Å². The molecule has 1 unspecified atom stereocenters. The van der Waals surface area contributed by atoms with Crippen LogP contribution in [-0.4, -0.2) is 19.2 Å². The molecule has 4 rings (SSSR count). The highest BCUT2D eigenvalue weighted by atomic mass is 35.5. The monoisotopic (exact) mass is 518 g/mol. The van der Waals surface area contributed by atoms with Gasteiger partial charge in [-0.25, -0.2) is 4.79 Å². The fourth-order valence-electron chi connectivity index (χ4n) is 4.01. The minimum Gasteiger partial charge on any atom is -0.493 e. The number of hydrogen-bond acceptors (Lipinski definition) is 7. The van der Waals surface area contributed by atoms with Crippen molar-refractivity contribution in [3.05, 3.63) is 93.8 Å². The van der Waals surface area contributed by atoms with Crippen LogP contribution in [0.2, 0.25) is 5.02 Å². The van der Waals surface area contributed by atoms with E-state index >= 15 is 0 Å². The first-order valence-electron chi connectivity index (χ1n) is 11.9. The summed E-state index contributed by atoms with van der Waals surface area (Å²) in [6, 6.07) is 19.9. The summed E-state index contributed by atoms with van der Waals surface area (Å²) in [5, 5.41) is 10.5. The van der Waals surface area contributed by atoms with Gasteiger partial charge in [0, 0.05) is 22.2 Å². The van der Waals surface area contributed by atoms with Crippen molar-refractivity contribution in [3.63, 3.8) is 0 Å². The zero-order chi connectivity index (χ0) is 26.4. The van der Waals surface area contributed by atoms with E-state index in [4.69, 9.17) is 36.3 Å². The summed E-state index contributed by atoms with van der Waals surface area (Å²) in [4.78, 5) is 12.4. The average Bonchev–Trinajstić information content (AvgIpc) is 2.89. The first kappa shape index (κ1) is 25.9. The van der Waals surface area contributed by atoms with Gasteiger partial charge in [-0.15, -0.1) is 0 Å². The van der Waals surface area contributed by atoms with Crippen LogP contribution in [0.4, 0.5) is 0 Å². The van der Waals surface area contributed by atoms with E-state index in [0.717, 1.165) is 24.0 Å². The minimum absolute atomic E-state index is 0.00622. The van der Waals surface area contributed by atoms with Crippen LogP contribution < -0.4 is 24.7 Å². The zero-order valence-electron chi connectivity index (χ0n) is 20.6. The Morgan fingerprint density at radius 3 is 2.62 bits per heavy atom. The number of carbonyl (C=O) groups is 1. The Labute approximate surface area is 221 Å². The van der Waals surface area contributed by atoms with Crippen molar-refractivity contribution in [2.45, 2.75) is 32.6 Å². The number of fused-ring (bicyclic) bond motifs is 1. The van der Waals surface area contributed by atoms with Gasteiger partial charge in [0.05, 0.1) is 12.5 Å². The Morgan fingerprint density at radius 1 is 1.08 bits per heavy atom. The van der Waals surface area contributed by atoms with Crippen LogP contribution >= 0.6 is 11.6 Å². The normalized spacial score (nSPS) is 14.3. The van der Waals surface area contributed by atoms with E-state index in [-0.39, 0.29) is 23.8 Å². The Balaban J connectivity index is 1.55. The Kier molecular flexibility index (Phi) is 8.22. The molecule has 3 aromatic carbocycles. The lowest BCUT2D eigenvalue weighted by atomic mass is 9.83. The number of aryl methyl sites for hydroxylation is 1. The molecule has 0 fully saturated rings. The van der Waals surface area contributed by atoms with Gasteiger partial charge in [0.15, 0.2) is 6.61 Å².